The number of rotatable bonds is 10. The molecule has 2 heterocycles. The van der Waals surface area contributed by atoms with Crippen molar-refractivity contribution in [3.05, 3.63) is 69.6 Å². The zero-order valence-electron chi connectivity index (χ0n) is 20.5. The van der Waals surface area contributed by atoms with E-state index in [2.05, 4.69) is 5.32 Å². The summed E-state index contributed by atoms with van der Waals surface area (Å²) in [5, 5.41) is 21.8. The van der Waals surface area contributed by atoms with Crippen molar-refractivity contribution in [3.8, 4) is 16.2 Å². The number of anilines is 1. The first-order valence-electron chi connectivity index (χ1n) is 11.9. The average Bonchev–Trinajstić information content (AvgIpc) is 3.19. The Balaban J connectivity index is 1.76. The van der Waals surface area contributed by atoms with Gasteiger partial charge in [-0.25, -0.2) is 18.0 Å². The summed E-state index contributed by atoms with van der Waals surface area (Å²) >= 11 is 7.31. The van der Waals surface area contributed by atoms with Crippen LogP contribution >= 0.6 is 22.9 Å². The van der Waals surface area contributed by atoms with Gasteiger partial charge in [0.25, 0.3) is 0 Å². The number of thiophene rings is 1. The molecule has 0 aliphatic carbocycles. The Hall–Kier alpha value is -3.12. The van der Waals surface area contributed by atoms with Crippen LogP contribution < -0.4 is 14.4 Å². The van der Waals surface area contributed by atoms with Crippen LogP contribution in [0.3, 0.4) is 0 Å². The number of ether oxygens (including phenoxy) is 1. The van der Waals surface area contributed by atoms with Crippen LogP contribution in [-0.4, -0.2) is 56.3 Å². The predicted molar refractivity (Wildman–Crippen MR) is 147 cm³/mol. The van der Waals surface area contributed by atoms with Gasteiger partial charge in [0.1, 0.15) is 5.02 Å². The fourth-order valence-corrected chi connectivity index (χ4v) is 7.73. The molecule has 3 N–H and O–H groups in total. The number of nitrogens with one attached hydrogen (secondary N) is 1. The zero-order valence-corrected chi connectivity index (χ0v) is 22.9. The van der Waals surface area contributed by atoms with Crippen LogP contribution in [0.4, 0.5) is 5.69 Å². The van der Waals surface area contributed by atoms with Gasteiger partial charge in [-0.2, -0.15) is 0 Å². The van der Waals surface area contributed by atoms with E-state index in [9.17, 15) is 23.1 Å². The molecule has 12 heteroatoms. The molecule has 0 unspecified atom stereocenters. The molecule has 1 aliphatic rings. The third kappa shape index (κ3) is 6.29. The lowest BCUT2D eigenvalue weighted by Gasteiger charge is -2.35. The molecule has 0 bridgehead atoms. The van der Waals surface area contributed by atoms with Gasteiger partial charge in [-0.3, -0.25) is 4.31 Å². The van der Waals surface area contributed by atoms with Gasteiger partial charge in [-0.1, -0.05) is 53.6 Å². The molecule has 0 spiro atoms. The molecule has 1 fully saturated rings. The number of carboxylic acids is 2. The zero-order chi connectivity index (χ0) is 27.4. The Morgan fingerprint density at radius 1 is 1.13 bits per heavy atom. The minimum absolute atomic E-state index is 0.0400. The quantitative estimate of drug-likeness (QED) is 0.317. The lowest BCUT2D eigenvalue weighted by atomic mass is 10.1. The number of nitrogens with zero attached hydrogens (tertiary/aromatic N) is 1. The van der Waals surface area contributed by atoms with Crippen molar-refractivity contribution in [2.24, 2.45) is 0 Å². The van der Waals surface area contributed by atoms with Gasteiger partial charge in [0.15, 0.2) is 17.2 Å². The van der Waals surface area contributed by atoms with Gasteiger partial charge in [0.2, 0.25) is 10.0 Å². The van der Waals surface area contributed by atoms with Crippen molar-refractivity contribution in [1.82, 2.24) is 5.32 Å². The Morgan fingerprint density at radius 2 is 1.84 bits per heavy atom. The van der Waals surface area contributed by atoms with Crippen molar-refractivity contribution in [3.63, 3.8) is 0 Å². The summed E-state index contributed by atoms with van der Waals surface area (Å²) in [7, 11) is -3.80. The Bertz CT molecular complexity index is 1450. The van der Waals surface area contributed by atoms with E-state index in [1.54, 1.807) is 30.3 Å². The normalized spacial score (nSPS) is 14.3. The summed E-state index contributed by atoms with van der Waals surface area (Å²) in [6.45, 7) is 2.53. The molecule has 1 saturated heterocycles. The van der Waals surface area contributed by atoms with Gasteiger partial charge < -0.3 is 20.3 Å². The number of benzene rings is 2. The summed E-state index contributed by atoms with van der Waals surface area (Å²) < 4.78 is 34.4. The second-order valence-corrected chi connectivity index (χ2v) is 12.2. The number of carbonyl (C=O) groups is 2. The van der Waals surface area contributed by atoms with Gasteiger partial charge in [-0.15, -0.1) is 11.3 Å². The van der Waals surface area contributed by atoms with E-state index in [1.165, 1.54) is 4.31 Å². The third-order valence-electron chi connectivity index (χ3n) is 6.08. The van der Waals surface area contributed by atoms with E-state index in [4.69, 9.17) is 21.4 Å². The Labute approximate surface area is 229 Å². The molecule has 9 nitrogen and oxygen atoms in total. The number of piperidine rings is 1. The van der Waals surface area contributed by atoms with Gasteiger partial charge >= 0.3 is 11.9 Å². The summed E-state index contributed by atoms with van der Waals surface area (Å²) in [6, 6.07) is 13.9. The Morgan fingerprint density at radius 3 is 2.50 bits per heavy atom. The lowest BCUT2D eigenvalue weighted by Crippen LogP contribution is -2.46. The number of sulfonamides is 1. The van der Waals surface area contributed by atoms with Crippen LogP contribution in [0.15, 0.2) is 48.5 Å². The standard InChI is InChI=1S/C26H27ClN2O7S2/c1-16-4-2-5-17(12-16)15-38(34,35)29(19-8-10-28-11-9-19)20-7-3-6-18(13-20)24-22(27)23(36-14-21(30)31)25(37-24)26(32)33/h2-7,12-13,19,28H,8-11,14-15H2,1H3,(H,30,31)(H,32,33). The van der Waals surface area contributed by atoms with Gasteiger partial charge in [-0.05, 0) is 56.1 Å². The van der Waals surface area contributed by atoms with Crippen molar-refractivity contribution in [2.45, 2.75) is 31.6 Å². The lowest BCUT2D eigenvalue weighted by molar-refractivity contribution is -0.139. The smallest absolute Gasteiger partial charge is 0.349 e. The highest BCUT2D eigenvalue weighted by Gasteiger charge is 2.32. The van der Waals surface area contributed by atoms with Crippen LogP contribution in [0.5, 0.6) is 5.75 Å². The largest absolute Gasteiger partial charge is 0.479 e. The molecule has 0 saturated carbocycles. The van der Waals surface area contributed by atoms with Crippen LogP contribution in [0, 0.1) is 6.92 Å². The van der Waals surface area contributed by atoms with E-state index in [0.717, 1.165) is 16.9 Å². The number of aliphatic carboxylic acids is 1. The van der Waals surface area contributed by atoms with E-state index in [-0.39, 0.29) is 27.4 Å². The summed E-state index contributed by atoms with van der Waals surface area (Å²) in [4.78, 5) is 22.9. The second kappa shape index (κ2) is 11.7. The van der Waals surface area contributed by atoms with Crippen molar-refractivity contribution >= 4 is 50.6 Å². The predicted octanol–water partition coefficient (Wildman–Crippen LogP) is 4.63. The summed E-state index contributed by atoms with van der Waals surface area (Å²) in [5.41, 5.74) is 2.59. The van der Waals surface area contributed by atoms with Gasteiger partial charge in [0.05, 0.1) is 16.3 Å². The Kier molecular flexibility index (Phi) is 8.61. The average molecular weight is 579 g/mol. The molecule has 4 rings (SSSR count). The first-order chi connectivity index (χ1) is 18.1. The van der Waals surface area contributed by atoms with E-state index in [1.807, 2.05) is 25.1 Å². The highest BCUT2D eigenvalue weighted by Crippen LogP contribution is 2.46. The number of aromatic carboxylic acids is 1. The first kappa shape index (κ1) is 27.9. The van der Waals surface area contributed by atoms with E-state index >= 15 is 0 Å². The van der Waals surface area contributed by atoms with Crippen LogP contribution in [0.2, 0.25) is 5.02 Å². The van der Waals surface area contributed by atoms with Crippen LogP contribution in [0.1, 0.15) is 33.6 Å². The molecule has 2 aromatic carbocycles. The number of hydrogen-bond donors (Lipinski definition) is 3. The fraction of sp³-hybridized carbons (Fsp3) is 0.308. The highest BCUT2D eigenvalue weighted by molar-refractivity contribution is 7.92. The minimum Gasteiger partial charge on any atom is -0.479 e. The number of hydrogen-bond acceptors (Lipinski definition) is 7. The third-order valence-corrected chi connectivity index (χ3v) is 9.56. The van der Waals surface area contributed by atoms with Crippen molar-refractivity contribution in [2.75, 3.05) is 24.0 Å². The number of carboxylic acid groups (broad SMARTS) is 2. The second-order valence-electron chi connectivity index (χ2n) is 8.96. The van der Waals surface area contributed by atoms with Crippen molar-refractivity contribution in [1.29, 1.82) is 0 Å². The molecule has 202 valence electrons. The fourth-order valence-electron chi connectivity index (χ4n) is 4.49. The topological polar surface area (TPSA) is 133 Å². The minimum atomic E-state index is -3.80. The number of halogens is 1. The molecule has 0 atom stereocenters. The molecule has 0 radical (unpaired) electrons. The summed E-state index contributed by atoms with van der Waals surface area (Å²) in [5.74, 6) is -2.98. The maximum atomic E-state index is 13.9. The van der Waals surface area contributed by atoms with Gasteiger partial charge in [0, 0.05) is 6.04 Å². The first-order valence-corrected chi connectivity index (χ1v) is 14.7. The SMILES string of the molecule is Cc1cccc(CS(=O)(=O)N(c2cccc(-c3sc(C(=O)O)c(OCC(=O)O)c3Cl)c2)C2CCNCC2)c1. The van der Waals surface area contributed by atoms with E-state index in [0.29, 0.717) is 47.6 Å². The molecule has 1 aliphatic heterocycles. The maximum absolute atomic E-state index is 13.9. The molecular formula is C26H27ClN2O7S2. The molecule has 38 heavy (non-hydrogen) atoms. The molecule has 0 amide bonds. The van der Waals surface area contributed by atoms with E-state index < -0.39 is 28.6 Å². The number of aryl methyl sites for hydroxylation is 1. The van der Waals surface area contributed by atoms with Crippen LogP contribution in [-0.2, 0) is 20.6 Å². The molecular weight excluding hydrogens is 552 g/mol. The van der Waals surface area contributed by atoms with Crippen LogP contribution in [0.25, 0.3) is 10.4 Å². The highest BCUT2D eigenvalue weighted by atomic mass is 35.5. The maximum Gasteiger partial charge on any atom is 0.349 e. The van der Waals surface area contributed by atoms with Crippen molar-refractivity contribution < 1.29 is 33.0 Å². The summed E-state index contributed by atoms with van der Waals surface area (Å²) in [6.07, 6.45) is 1.26. The molecule has 3 aromatic rings. The monoisotopic (exact) mass is 578 g/mol. The molecule has 1 aromatic heterocycles.